The zero-order chi connectivity index (χ0) is 15.0. The number of carbonyl (C=O) groups excluding carboxylic acids is 1. The van der Waals surface area contributed by atoms with Gasteiger partial charge in [0.2, 0.25) is 0 Å². The summed E-state index contributed by atoms with van der Waals surface area (Å²) < 4.78 is 5.87. The van der Waals surface area contributed by atoms with Crippen LogP contribution in [-0.2, 0) is 14.3 Å². The fourth-order valence-corrected chi connectivity index (χ4v) is 2.61. The van der Waals surface area contributed by atoms with E-state index in [4.69, 9.17) is 9.84 Å². The lowest BCUT2D eigenvalue weighted by Crippen LogP contribution is -2.38. The van der Waals surface area contributed by atoms with Crippen molar-refractivity contribution in [3.05, 3.63) is 0 Å². The third-order valence-electron chi connectivity index (χ3n) is 3.81. The van der Waals surface area contributed by atoms with Gasteiger partial charge in [0.1, 0.15) is 6.10 Å². The van der Waals surface area contributed by atoms with E-state index in [1.54, 1.807) is 18.9 Å². The Morgan fingerprint density at radius 2 is 1.85 bits per heavy atom. The third-order valence-corrected chi connectivity index (χ3v) is 3.81. The number of rotatable bonds is 7. The van der Waals surface area contributed by atoms with Gasteiger partial charge in [0.25, 0.3) is 5.91 Å². The molecule has 20 heavy (non-hydrogen) atoms. The molecule has 1 unspecified atom stereocenters. The second-order valence-electron chi connectivity index (χ2n) is 5.65. The van der Waals surface area contributed by atoms with Crippen LogP contribution in [0.2, 0.25) is 0 Å². The minimum atomic E-state index is -0.825. The molecule has 116 valence electrons. The number of aliphatic carboxylic acids is 1. The Labute approximate surface area is 121 Å². The lowest BCUT2D eigenvalue weighted by atomic mass is 10.1. The lowest BCUT2D eigenvalue weighted by molar-refractivity contribution is -0.146. The number of carboxylic acid groups (broad SMARTS) is 1. The molecule has 0 aromatic heterocycles. The largest absolute Gasteiger partial charge is 0.481 e. The monoisotopic (exact) mass is 285 g/mol. The van der Waals surface area contributed by atoms with E-state index in [-0.39, 0.29) is 18.4 Å². The molecule has 1 N–H and O–H groups in total. The summed E-state index contributed by atoms with van der Waals surface area (Å²) in [6.07, 6.45) is 7.30. The molecule has 0 aromatic rings. The van der Waals surface area contributed by atoms with Gasteiger partial charge in [0.05, 0.1) is 6.10 Å². The summed E-state index contributed by atoms with van der Waals surface area (Å²) in [5, 5.41) is 8.59. The molecule has 0 aliphatic heterocycles. The van der Waals surface area contributed by atoms with E-state index >= 15 is 0 Å². The quantitative estimate of drug-likeness (QED) is 0.730. The molecule has 1 aliphatic carbocycles. The first-order valence-corrected chi connectivity index (χ1v) is 7.63. The molecule has 0 heterocycles. The summed E-state index contributed by atoms with van der Waals surface area (Å²) in [5.74, 6) is -0.881. The molecule has 0 bridgehead atoms. The minimum absolute atomic E-state index is 0.0559. The molecule has 5 heteroatoms. The van der Waals surface area contributed by atoms with Gasteiger partial charge in [0.15, 0.2) is 0 Å². The summed E-state index contributed by atoms with van der Waals surface area (Å²) >= 11 is 0. The zero-order valence-corrected chi connectivity index (χ0v) is 12.6. The first-order chi connectivity index (χ1) is 9.50. The van der Waals surface area contributed by atoms with E-state index in [1.165, 1.54) is 25.7 Å². The van der Waals surface area contributed by atoms with E-state index in [2.05, 4.69) is 0 Å². The molecule has 1 atom stereocenters. The topological polar surface area (TPSA) is 66.8 Å². The van der Waals surface area contributed by atoms with E-state index in [9.17, 15) is 9.59 Å². The number of carboxylic acids is 1. The second-order valence-corrected chi connectivity index (χ2v) is 5.65. The summed E-state index contributed by atoms with van der Waals surface area (Å²) in [6.45, 7) is 2.25. The number of hydrogen-bond donors (Lipinski definition) is 1. The van der Waals surface area contributed by atoms with Crippen LogP contribution in [0.5, 0.6) is 0 Å². The third kappa shape index (κ3) is 6.37. The van der Waals surface area contributed by atoms with Crippen molar-refractivity contribution in [2.75, 3.05) is 13.6 Å². The number of ether oxygens (including phenoxy) is 1. The van der Waals surface area contributed by atoms with Crippen molar-refractivity contribution >= 4 is 11.9 Å². The molecular formula is C15H27NO4. The summed E-state index contributed by atoms with van der Waals surface area (Å²) in [4.78, 5) is 24.2. The number of amides is 1. The standard InChI is InChI=1S/C15H27NO4/c1-12(20-13-8-5-3-4-6-9-13)15(19)16(2)11-7-10-14(17)18/h12-13H,3-11H2,1-2H3,(H,17,18). The summed E-state index contributed by atoms with van der Waals surface area (Å²) in [7, 11) is 1.71. The average Bonchev–Trinajstić information content (AvgIpc) is 2.65. The van der Waals surface area contributed by atoms with Crippen LogP contribution in [0.25, 0.3) is 0 Å². The van der Waals surface area contributed by atoms with E-state index in [1.807, 2.05) is 0 Å². The molecule has 0 saturated heterocycles. The molecule has 0 spiro atoms. The minimum Gasteiger partial charge on any atom is -0.481 e. The van der Waals surface area contributed by atoms with Crippen molar-refractivity contribution < 1.29 is 19.4 Å². The van der Waals surface area contributed by atoms with Crippen molar-refractivity contribution in [2.45, 2.75) is 70.5 Å². The van der Waals surface area contributed by atoms with E-state index in [0.29, 0.717) is 13.0 Å². The number of nitrogens with zero attached hydrogens (tertiary/aromatic N) is 1. The Kier molecular flexibility index (Phi) is 7.59. The Bertz CT molecular complexity index is 311. The van der Waals surface area contributed by atoms with Crippen LogP contribution >= 0.6 is 0 Å². The van der Waals surface area contributed by atoms with Gasteiger partial charge in [-0.1, -0.05) is 25.7 Å². The zero-order valence-electron chi connectivity index (χ0n) is 12.6. The van der Waals surface area contributed by atoms with Crippen molar-refractivity contribution in [1.82, 2.24) is 4.90 Å². The molecular weight excluding hydrogens is 258 g/mol. The van der Waals surface area contributed by atoms with Crippen molar-refractivity contribution in [1.29, 1.82) is 0 Å². The maximum absolute atomic E-state index is 12.1. The van der Waals surface area contributed by atoms with Crippen LogP contribution in [-0.4, -0.2) is 47.7 Å². The van der Waals surface area contributed by atoms with E-state index in [0.717, 1.165) is 12.8 Å². The van der Waals surface area contributed by atoms with E-state index < -0.39 is 12.1 Å². The van der Waals surface area contributed by atoms with Gasteiger partial charge >= 0.3 is 5.97 Å². The maximum atomic E-state index is 12.1. The highest BCUT2D eigenvalue weighted by atomic mass is 16.5. The predicted octanol–water partition coefficient (Wildman–Crippen LogP) is 2.44. The molecule has 0 radical (unpaired) electrons. The van der Waals surface area contributed by atoms with Crippen molar-refractivity contribution in [2.24, 2.45) is 0 Å². The summed E-state index contributed by atoms with van der Waals surface area (Å²) in [5.41, 5.74) is 0. The predicted molar refractivity (Wildman–Crippen MR) is 76.5 cm³/mol. The molecule has 0 aromatic carbocycles. The Hall–Kier alpha value is -1.10. The lowest BCUT2D eigenvalue weighted by Gasteiger charge is -2.25. The van der Waals surface area contributed by atoms with Crippen LogP contribution < -0.4 is 0 Å². The molecule has 1 fully saturated rings. The SMILES string of the molecule is CC(OC1CCCCCC1)C(=O)N(C)CCCC(=O)O. The average molecular weight is 285 g/mol. The van der Waals surface area contributed by atoms with Gasteiger partial charge in [-0.05, 0) is 26.2 Å². The van der Waals surface area contributed by atoms with Crippen molar-refractivity contribution in [3.8, 4) is 0 Å². The van der Waals surface area contributed by atoms with Gasteiger partial charge < -0.3 is 14.7 Å². The van der Waals surface area contributed by atoms with Gasteiger partial charge in [0, 0.05) is 20.0 Å². The van der Waals surface area contributed by atoms with Gasteiger partial charge in [-0.15, -0.1) is 0 Å². The molecule has 1 aliphatic rings. The smallest absolute Gasteiger partial charge is 0.303 e. The fourth-order valence-electron chi connectivity index (χ4n) is 2.61. The van der Waals surface area contributed by atoms with Crippen LogP contribution in [0.3, 0.4) is 0 Å². The Morgan fingerprint density at radius 3 is 2.40 bits per heavy atom. The second kappa shape index (κ2) is 8.95. The van der Waals surface area contributed by atoms with Crippen LogP contribution in [0.15, 0.2) is 0 Å². The van der Waals surface area contributed by atoms with Crippen LogP contribution in [0.4, 0.5) is 0 Å². The highest BCUT2D eigenvalue weighted by Crippen LogP contribution is 2.21. The number of likely N-dealkylation sites (N-methyl/N-ethyl adjacent to an activating group) is 1. The Morgan fingerprint density at radius 1 is 1.25 bits per heavy atom. The summed E-state index contributed by atoms with van der Waals surface area (Å²) in [6, 6.07) is 0. The van der Waals surface area contributed by atoms with Crippen molar-refractivity contribution in [3.63, 3.8) is 0 Å². The van der Waals surface area contributed by atoms with Crippen LogP contribution in [0, 0.1) is 0 Å². The highest BCUT2D eigenvalue weighted by Gasteiger charge is 2.22. The number of hydrogen-bond acceptors (Lipinski definition) is 3. The first kappa shape index (κ1) is 17.0. The molecule has 1 saturated carbocycles. The number of carbonyl (C=O) groups is 2. The first-order valence-electron chi connectivity index (χ1n) is 7.63. The Balaban J connectivity index is 2.31. The fraction of sp³-hybridized carbons (Fsp3) is 0.867. The highest BCUT2D eigenvalue weighted by molar-refractivity contribution is 5.80. The van der Waals surface area contributed by atoms with Crippen LogP contribution in [0.1, 0.15) is 58.3 Å². The molecule has 1 amide bonds. The maximum Gasteiger partial charge on any atom is 0.303 e. The van der Waals surface area contributed by atoms with Gasteiger partial charge in [-0.2, -0.15) is 0 Å². The van der Waals surface area contributed by atoms with Gasteiger partial charge in [-0.3, -0.25) is 9.59 Å². The molecule has 1 rings (SSSR count). The normalized spacial score (nSPS) is 18.3. The molecule has 5 nitrogen and oxygen atoms in total. The van der Waals surface area contributed by atoms with Gasteiger partial charge in [-0.25, -0.2) is 0 Å².